The van der Waals surface area contributed by atoms with Crippen LogP contribution in [-0.2, 0) is 5.41 Å². The highest BCUT2D eigenvalue weighted by molar-refractivity contribution is 5.87. The molecule has 1 aliphatic heterocycles. The van der Waals surface area contributed by atoms with Crippen LogP contribution in [-0.4, -0.2) is 13.1 Å². The molecule has 1 heterocycles. The fourth-order valence-corrected chi connectivity index (χ4v) is 3.42. The van der Waals surface area contributed by atoms with Gasteiger partial charge in [0, 0.05) is 12.0 Å². The summed E-state index contributed by atoms with van der Waals surface area (Å²) in [5.74, 6) is 0.887. The molecule has 16 heavy (non-hydrogen) atoms. The minimum atomic E-state index is 0.473. The quantitative estimate of drug-likeness (QED) is 0.761. The Balaban J connectivity index is 1.98. The van der Waals surface area contributed by atoms with Crippen molar-refractivity contribution in [2.24, 2.45) is 5.92 Å². The zero-order chi connectivity index (χ0) is 10.6. The summed E-state index contributed by atoms with van der Waals surface area (Å²) in [6, 6.07) is 15.5. The third-order valence-corrected chi connectivity index (χ3v) is 4.39. The first-order valence-electron chi connectivity index (χ1n) is 6.09. The summed E-state index contributed by atoms with van der Waals surface area (Å²) in [5, 5.41) is 6.36. The second-order valence-corrected chi connectivity index (χ2v) is 5.21. The number of benzene rings is 2. The molecule has 2 aromatic carbocycles. The summed E-state index contributed by atoms with van der Waals surface area (Å²) in [7, 11) is 0. The molecular formula is C15H15N. The maximum Gasteiger partial charge on any atom is 0.0128 e. The molecule has 1 heteroatoms. The predicted molar refractivity (Wildman–Crippen MR) is 66.6 cm³/mol. The molecule has 2 fully saturated rings. The lowest BCUT2D eigenvalue weighted by molar-refractivity contribution is 0.680. The van der Waals surface area contributed by atoms with Gasteiger partial charge in [-0.2, -0.15) is 0 Å². The molecule has 4 rings (SSSR count). The van der Waals surface area contributed by atoms with Gasteiger partial charge in [-0.25, -0.2) is 0 Å². The van der Waals surface area contributed by atoms with Gasteiger partial charge in [0.25, 0.3) is 0 Å². The summed E-state index contributed by atoms with van der Waals surface area (Å²) >= 11 is 0. The van der Waals surface area contributed by atoms with E-state index in [2.05, 4.69) is 47.8 Å². The van der Waals surface area contributed by atoms with Crippen LogP contribution in [0.4, 0.5) is 0 Å². The maximum absolute atomic E-state index is 3.53. The monoisotopic (exact) mass is 209 g/mol. The molecule has 0 radical (unpaired) electrons. The second kappa shape index (κ2) is 2.86. The van der Waals surface area contributed by atoms with Crippen LogP contribution in [0.3, 0.4) is 0 Å². The Morgan fingerprint density at radius 1 is 1.06 bits per heavy atom. The Kier molecular flexibility index (Phi) is 1.57. The van der Waals surface area contributed by atoms with Gasteiger partial charge >= 0.3 is 0 Å². The van der Waals surface area contributed by atoms with E-state index in [1.54, 1.807) is 5.56 Å². The van der Waals surface area contributed by atoms with Crippen LogP contribution in [0.25, 0.3) is 10.8 Å². The summed E-state index contributed by atoms with van der Waals surface area (Å²) in [6.45, 7) is 2.38. The molecule has 1 nitrogen and oxygen atoms in total. The average Bonchev–Trinajstić information content (AvgIpc) is 2.91. The van der Waals surface area contributed by atoms with E-state index in [4.69, 9.17) is 0 Å². The first-order valence-corrected chi connectivity index (χ1v) is 6.09. The molecule has 80 valence electrons. The Morgan fingerprint density at radius 3 is 2.75 bits per heavy atom. The summed E-state index contributed by atoms with van der Waals surface area (Å²) in [5.41, 5.74) is 2.04. The van der Waals surface area contributed by atoms with Crippen molar-refractivity contribution in [1.29, 1.82) is 0 Å². The molecule has 0 bridgehead atoms. The molecule has 0 unspecified atom stereocenters. The minimum absolute atomic E-state index is 0.473. The number of nitrogens with one attached hydrogen (secondary N) is 1. The molecule has 1 aliphatic carbocycles. The molecule has 2 atom stereocenters. The van der Waals surface area contributed by atoms with Gasteiger partial charge in [-0.1, -0.05) is 42.5 Å². The lowest BCUT2D eigenvalue weighted by atomic mass is 9.90. The normalized spacial score (nSPS) is 31.6. The predicted octanol–water partition coefficient (Wildman–Crippen LogP) is 2.70. The van der Waals surface area contributed by atoms with E-state index in [1.165, 1.54) is 30.3 Å². The van der Waals surface area contributed by atoms with Gasteiger partial charge in [0.1, 0.15) is 0 Å². The third-order valence-electron chi connectivity index (χ3n) is 4.39. The van der Waals surface area contributed by atoms with E-state index >= 15 is 0 Å². The maximum atomic E-state index is 3.53. The van der Waals surface area contributed by atoms with E-state index in [9.17, 15) is 0 Å². The molecule has 2 aliphatic rings. The molecule has 1 saturated carbocycles. The van der Waals surface area contributed by atoms with Crippen molar-refractivity contribution < 1.29 is 0 Å². The number of fused-ring (bicyclic) bond motifs is 2. The zero-order valence-corrected chi connectivity index (χ0v) is 9.24. The van der Waals surface area contributed by atoms with Gasteiger partial charge in [0.2, 0.25) is 0 Å². The SMILES string of the molecule is c1ccc2c([C@]34CNC[C@H]3C4)cccc2c1. The Morgan fingerprint density at radius 2 is 1.94 bits per heavy atom. The van der Waals surface area contributed by atoms with E-state index < -0.39 is 0 Å². The Hall–Kier alpha value is -1.34. The second-order valence-electron chi connectivity index (χ2n) is 5.21. The highest BCUT2D eigenvalue weighted by Crippen LogP contribution is 2.57. The Bertz CT molecular complexity index is 555. The van der Waals surface area contributed by atoms with Crippen LogP contribution >= 0.6 is 0 Å². The number of piperidine rings is 1. The van der Waals surface area contributed by atoms with Crippen molar-refractivity contribution in [2.75, 3.05) is 13.1 Å². The first kappa shape index (κ1) is 8.77. The van der Waals surface area contributed by atoms with Crippen molar-refractivity contribution in [2.45, 2.75) is 11.8 Å². The summed E-state index contributed by atoms with van der Waals surface area (Å²) in [4.78, 5) is 0. The molecule has 1 saturated heterocycles. The van der Waals surface area contributed by atoms with Crippen LogP contribution in [0.2, 0.25) is 0 Å². The standard InChI is InChI=1S/C15H15N/c1-2-6-13-11(4-1)5-3-7-14(13)15-8-12(15)9-16-10-15/h1-7,12,16H,8-10H2/t12-,15-/m1/s1. The van der Waals surface area contributed by atoms with Gasteiger partial charge in [-0.05, 0) is 35.2 Å². The van der Waals surface area contributed by atoms with E-state index in [0.717, 1.165) is 5.92 Å². The van der Waals surface area contributed by atoms with E-state index in [1.807, 2.05) is 0 Å². The van der Waals surface area contributed by atoms with Crippen LogP contribution in [0.5, 0.6) is 0 Å². The Labute approximate surface area is 95.5 Å². The highest BCUT2D eigenvalue weighted by atomic mass is 15.0. The average molecular weight is 209 g/mol. The molecule has 0 amide bonds. The fraction of sp³-hybridized carbons (Fsp3) is 0.333. The zero-order valence-electron chi connectivity index (χ0n) is 9.24. The topological polar surface area (TPSA) is 12.0 Å². The van der Waals surface area contributed by atoms with Gasteiger partial charge in [0.05, 0.1) is 0 Å². The fourth-order valence-electron chi connectivity index (χ4n) is 3.42. The third kappa shape index (κ3) is 0.992. The molecule has 2 aromatic rings. The highest BCUT2D eigenvalue weighted by Gasteiger charge is 2.58. The van der Waals surface area contributed by atoms with Gasteiger partial charge in [-0.15, -0.1) is 0 Å². The van der Waals surface area contributed by atoms with Crippen LogP contribution in [0.15, 0.2) is 42.5 Å². The van der Waals surface area contributed by atoms with Crippen LogP contribution < -0.4 is 5.32 Å². The number of rotatable bonds is 1. The van der Waals surface area contributed by atoms with Gasteiger partial charge < -0.3 is 5.32 Å². The molecule has 0 spiro atoms. The first-order chi connectivity index (χ1) is 7.90. The lowest BCUT2D eigenvalue weighted by Gasteiger charge is -2.15. The van der Waals surface area contributed by atoms with Crippen molar-refractivity contribution >= 4 is 10.8 Å². The smallest absolute Gasteiger partial charge is 0.0128 e. The van der Waals surface area contributed by atoms with E-state index in [-0.39, 0.29) is 0 Å². The molecule has 0 aromatic heterocycles. The van der Waals surface area contributed by atoms with Crippen LogP contribution in [0.1, 0.15) is 12.0 Å². The van der Waals surface area contributed by atoms with Crippen molar-refractivity contribution in [1.82, 2.24) is 5.32 Å². The summed E-state index contributed by atoms with van der Waals surface area (Å²) in [6.07, 6.45) is 1.38. The van der Waals surface area contributed by atoms with Crippen LogP contribution in [0, 0.1) is 5.92 Å². The van der Waals surface area contributed by atoms with Gasteiger partial charge in [-0.3, -0.25) is 0 Å². The van der Waals surface area contributed by atoms with Crippen molar-refractivity contribution in [3.05, 3.63) is 48.0 Å². The lowest BCUT2D eigenvalue weighted by Crippen LogP contribution is -2.19. The minimum Gasteiger partial charge on any atom is -0.316 e. The summed E-state index contributed by atoms with van der Waals surface area (Å²) < 4.78 is 0. The van der Waals surface area contributed by atoms with Crippen molar-refractivity contribution in [3.63, 3.8) is 0 Å². The van der Waals surface area contributed by atoms with Crippen molar-refractivity contribution in [3.8, 4) is 0 Å². The van der Waals surface area contributed by atoms with Gasteiger partial charge in [0.15, 0.2) is 0 Å². The number of hydrogen-bond acceptors (Lipinski definition) is 1. The number of hydrogen-bond donors (Lipinski definition) is 1. The molecule has 1 N–H and O–H groups in total. The molecular weight excluding hydrogens is 194 g/mol. The largest absolute Gasteiger partial charge is 0.316 e. The van der Waals surface area contributed by atoms with E-state index in [0.29, 0.717) is 5.41 Å².